The van der Waals surface area contributed by atoms with E-state index in [0.717, 1.165) is 4.47 Å². The number of alkyl carbamates (subject to hydrolysis) is 1. The van der Waals surface area contributed by atoms with Crippen LogP contribution < -0.4 is 5.32 Å². The van der Waals surface area contributed by atoms with Gasteiger partial charge < -0.3 is 20.3 Å². The molecule has 1 heterocycles. The van der Waals surface area contributed by atoms with Crippen molar-refractivity contribution in [2.45, 2.75) is 38.6 Å². The van der Waals surface area contributed by atoms with Crippen LogP contribution in [-0.4, -0.2) is 34.6 Å². The number of nitrogens with one attached hydrogen (secondary N) is 1. The molecule has 2 unspecified atom stereocenters. The van der Waals surface area contributed by atoms with E-state index in [2.05, 4.69) is 21.2 Å². The van der Waals surface area contributed by atoms with Crippen LogP contribution in [0.1, 0.15) is 32.4 Å². The summed E-state index contributed by atoms with van der Waals surface area (Å²) in [5.74, 6) is 0. The molecule has 7 heteroatoms. The second-order valence-electron chi connectivity index (χ2n) is 5.07. The third kappa shape index (κ3) is 5.48. The average molecular weight is 352 g/mol. The van der Waals surface area contributed by atoms with Crippen LogP contribution in [0.2, 0.25) is 0 Å². The van der Waals surface area contributed by atoms with E-state index >= 15 is 0 Å². The van der Waals surface area contributed by atoms with E-state index in [9.17, 15) is 15.0 Å². The molecular weight excluding hydrogens is 334 g/mol. The molecule has 0 saturated carbocycles. The van der Waals surface area contributed by atoms with E-state index in [4.69, 9.17) is 4.74 Å². The maximum atomic E-state index is 11.4. The van der Waals surface area contributed by atoms with E-state index in [0.29, 0.717) is 5.56 Å². The number of aliphatic hydroxyl groups excluding tert-OH is 2. The van der Waals surface area contributed by atoms with Gasteiger partial charge in [0.15, 0.2) is 0 Å². The first-order chi connectivity index (χ1) is 8.70. The smallest absolute Gasteiger partial charge is 0.407 e. The summed E-state index contributed by atoms with van der Waals surface area (Å²) in [6.07, 6.45) is -2.78. The molecule has 0 aliphatic carbocycles. The summed E-state index contributed by atoms with van der Waals surface area (Å²) in [4.78, 5) is 11.4. The predicted molar refractivity (Wildman–Crippen MR) is 77.2 cm³/mol. The van der Waals surface area contributed by atoms with Gasteiger partial charge in [0.05, 0.1) is 0 Å². The highest BCUT2D eigenvalue weighted by Crippen LogP contribution is 2.29. The SMILES string of the molecule is CC(C)(C)OC(=O)NCC(O)C(O)c1cscc1Br. The zero-order valence-electron chi connectivity index (χ0n) is 11.0. The average Bonchev–Trinajstić information content (AvgIpc) is 2.69. The van der Waals surface area contributed by atoms with Crippen LogP contribution in [0.15, 0.2) is 15.2 Å². The quantitative estimate of drug-likeness (QED) is 0.778. The highest BCUT2D eigenvalue weighted by molar-refractivity contribution is 9.10. The molecule has 108 valence electrons. The summed E-state index contributed by atoms with van der Waals surface area (Å²) in [6, 6.07) is 0. The van der Waals surface area contributed by atoms with Crippen LogP contribution in [0.3, 0.4) is 0 Å². The van der Waals surface area contributed by atoms with Gasteiger partial charge in [0.1, 0.15) is 17.8 Å². The number of ether oxygens (including phenoxy) is 1. The number of rotatable bonds is 4. The van der Waals surface area contributed by atoms with Gasteiger partial charge in [0.2, 0.25) is 0 Å². The van der Waals surface area contributed by atoms with E-state index < -0.39 is 23.9 Å². The molecule has 19 heavy (non-hydrogen) atoms. The molecule has 0 radical (unpaired) electrons. The van der Waals surface area contributed by atoms with Crippen molar-refractivity contribution in [3.63, 3.8) is 0 Å². The molecule has 3 N–H and O–H groups in total. The zero-order valence-corrected chi connectivity index (χ0v) is 13.4. The fourth-order valence-corrected chi connectivity index (χ4v) is 2.88. The Kier molecular flexibility index (Phi) is 5.79. The summed E-state index contributed by atoms with van der Waals surface area (Å²) in [5, 5.41) is 25.7. The van der Waals surface area contributed by atoms with E-state index in [-0.39, 0.29) is 6.54 Å². The highest BCUT2D eigenvalue weighted by Gasteiger charge is 2.23. The third-order valence-electron chi connectivity index (χ3n) is 2.18. The third-order valence-corrected chi connectivity index (χ3v) is 3.93. The second-order valence-corrected chi connectivity index (χ2v) is 6.67. The fraction of sp³-hybridized carbons (Fsp3) is 0.583. The number of aliphatic hydroxyl groups is 2. The molecule has 1 aromatic heterocycles. The van der Waals surface area contributed by atoms with Gasteiger partial charge in [0, 0.05) is 22.0 Å². The lowest BCUT2D eigenvalue weighted by molar-refractivity contribution is 0.0128. The van der Waals surface area contributed by atoms with Crippen LogP contribution in [0, 0.1) is 0 Å². The largest absolute Gasteiger partial charge is 0.444 e. The van der Waals surface area contributed by atoms with E-state index in [1.54, 1.807) is 26.2 Å². The number of thiophene rings is 1. The second kappa shape index (κ2) is 6.69. The number of halogens is 1. The van der Waals surface area contributed by atoms with Crippen LogP contribution in [0.4, 0.5) is 4.79 Å². The minimum Gasteiger partial charge on any atom is -0.444 e. The Bertz CT molecular complexity index is 430. The van der Waals surface area contributed by atoms with Crippen molar-refractivity contribution in [2.75, 3.05) is 6.54 Å². The molecular formula is C12H18BrNO4S. The van der Waals surface area contributed by atoms with Gasteiger partial charge in [-0.2, -0.15) is 11.3 Å². The maximum absolute atomic E-state index is 11.4. The molecule has 0 aliphatic rings. The van der Waals surface area contributed by atoms with Crippen molar-refractivity contribution in [1.82, 2.24) is 5.32 Å². The number of amides is 1. The van der Waals surface area contributed by atoms with Gasteiger partial charge in [-0.1, -0.05) is 0 Å². The van der Waals surface area contributed by atoms with Crippen molar-refractivity contribution in [1.29, 1.82) is 0 Å². The first-order valence-corrected chi connectivity index (χ1v) is 7.49. The van der Waals surface area contributed by atoms with Crippen molar-refractivity contribution < 1.29 is 19.7 Å². The van der Waals surface area contributed by atoms with Gasteiger partial charge >= 0.3 is 6.09 Å². The lowest BCUT2D eigenvalue weighted by Gasteiger charge is -2.22. The van der Waals surface area contributed by atoms with Crippen molar-refractivity contribution >= 4 is 33.4 Å². The lowest BCUT2D eigenvalue weighted by atomic mass is 10.1. The van der Waals surface area contributed by atoms with Gasteiger partial charge in [-0.15, -0.1) is 0 Å². The number of carbonyl (C=O) groups excluding carboxylic acids is 1. The lowest BCUT2D eigenvalue weighted by Crippen LogP contribution is -2.38. The summed E-state index contributed by atoms with van der Waals surface area (Å²) in [5.41, 5.74) is 0.00724. The first kappa shape index (κ1) is 16.4. The van der Waals surface area contributed by atoms with E-state index in [1.807, 2.05) is 5.38 Å². The topological polar surface area (TPSA) is 78.8 Å². The monoisotopic (exact) mass is 351 g/mol. The Morgan fingerprint density at radius 3 is 2.58 bits per heavy atom. The van der Waals surface area contributed by atoms with Crippen molar-refractivity contribution in [3.8, 4) is 0 Å². The Balaban J connectivity index is 2.45. The van der Waals surface area contributed by atoms with Gasteiger partial charge in [-0.25, -0.2) is 4.79 Å². The van der Waals surface area contributed by atoms with Crippen molar-refractivity contribution in [3.05, 3.63) is 20.8 Å². The van der Waals surface area contributed by atoms with Gasteiger partial charge in [-0.3, -0.25) is 0 Å². The summed E-state index contributed by atoms with van der Waals surface area (Å²) in [6.45, 7) is 5.17. The maximum Gasteiger partial charge on any atom is 0.407 e. The molecule has 1 rings (SSSR count). The van der Waals surface area contributed by atoms with Crippen LogP contribution in [-0.2, 0) is 4.74 Å². The molecule has 0 saturated heterocycles. The number of hydrogen-bond donors (Lipinski definition) is 3. The van der Waals surface area contributed by atoms with Crippen LogP contribution in [0.25, 0.3) is 0 Å². The Morgan fingerprint density at radius 2 is 2.11 bits per heavy atom. The molecule has 0 aromatic carbocycles. The predicted octanol–water partition coefficient (Wildman–Crippen LogP) is 2.43. The van der Waals surface area contributed by atoms with Crippen LogP contribution >= 0.6 is 27.3 Å². The Hall–Kier alpha value is -0.630. The first-order valence-electron chi connectivity index (χ1n) is 5.75. The molecule has 0 fully saturated rings. The Morgan fingerprint density at radius 1 is 1.47 bits per heavy atom. The van der Waals surface area contributed by atoms with E-state index in [1.165, 1.54) is 11.3 Å². The molecule has 0 spiro atoms. The summed E-state index contributed by atoms with van der Waals surface area (Å²) in [7, 11) is 0. The van der Waals surface area contributed by atoms with Gasteiger partial charge in [-0.05, 0) is 42.1 Å². The number of hydrogen-bond acceptors (Lipinski definition) is 5. The molecule has 1 aromatic rings. The molecule has 0 aliphatic heterocycles. The summed E-state index contributed by atoms with van der Waals surface area (Å²) < 4.78 is 5.77. The van der Waals surface area contributed by atoms with Gasteiger partial charge in [0.25, 0.3) is 0 Å². The molecule has 2 atom stereocenters. The van der Waals surface area contributed by atoms with Crippen LogP contribution in [0.5, 0.6) is 0 Å². The normalized spacial score (nSPS) is 14.8. The highest BCUT2D eigenvalue weighted by atomic mass is 79.9. The molecule has 0 bridgehead atoms. The molecule has 5 nitrogen and oxygen atoms in total. The zero-order chi connectivity index (χ0) is 14.6. The molecule has 1 amide bonds. The van der Waals surface area contributed by atoms with Crippen molar-refractivity contribution in [2.24, 2.45) is 0 Å². The fourth-order valence-electron chi connectivity index (χ4n) is 1.32. The minimum atomic E-state index is -1.10. The standard InChI is InChI=1S/C12H18BrNO4S/c1-12(2,3)18-11(17)14-4-9(15)10(16)7-5-19-6-8(7)13/h5-6,9-10,15-16H,4H2,1-3H3,(H,14,17). The minimum absolute atomic E-state index is 0.0850. The number of carbonyl (C=O) groups is 1. The Labute approximate surface area is 124 Å². The summed E-state index contributed by atoms with van der Waals surface area (Å²) >= 11 is 4.70.